The Bertz CT molecular complexity index is 1170. The van der Waals surface area contributed by atoms with E-state index in [2.05, 4.69) is 10.3 Å². The molecule has 0 atom stereocenters. The van der Waals surface area contributed by atoms with Crippen molar-refractivity contribution in [1.82, 2.24) is 13.9 Å². The summed E-state index contributed by atoms with van der Waals surface area (Å²) in [6.45, 7) is 1.12. The van der Waals surface area contributed by atoms with Gasteiger partial charge < -0.3 is 5.32 Å². The lowest BCUT2D eigenvalue weighted by atomic mass is 10.2. The number of thioether (sulfide) groups is 1. The first-order chi connectivity index (χ1) is 15.0. The normalized spacial score (nSPS) is 15.0. The highest BCUT2D eigenvalue weighted by molar-refractivity contribution is 7.98. The van der Waals surface area contributed by atoms with Gasteiger partial charge in [0, 0.05) is 42.4 Å². The zero-order valence-electron chi connectivity index (χ0n) is 17.2. The first-order valence-corrected chi connectivity index (χ1v) is 12.7. The fourth-order valence-electron chi connectivity index (χ4n) is 3.60. The molecule has 1 aromatic heterocycles. The Balaban J connectivity index is 1.49. The van der Waals surface area contributed by atoms with Crippen LogP contribution < -0.4 is 5.32 Å². The topological polar surface area (TPSA) is 84.3 Å². The van der Waals surface area contributed by atoms with Gasteiger partial charge in [-0.25, -0.2) is 13.4 Å². The van der Waals surface area contributed by atoms with Gasteiger partial charge >= 0.3 is 0 Å². The molecule has 1 saturated heterocycles. The highest BCUT2D eigenvalue weighted by Gasteiger charge is 2.25. The minimum atomic E-state index is -3.49. The summed E-state index contributed by atoms with van der Waals surface area (Å²) in [6, 6.07) is 13.6. The van der Waals surface area contributed by atoms with Crippen LogP contribution in [0, 0.1) is 0 Å². The van der Waals surface area contributed by atoms with Gasteiger partial charge in [-0.2, -0.15) is 4.31 Å². The van der Waals surface area contributed by atoms with Crippen molar-refractivity contribution in [3.05, 3.63) is 66.5 Å². The van der Waals surface area contributed by atoms with Crippen molar-refractivity contribution in [2.45, 2.75) is 29.3 Å². The average Bonchev–Trinajstić information content (AvgIpc) is 3.29. The Morgan fingerprint density at radius 1 is 1.06 bits per heavy atom. The van der Waals surface area contributed by atoms with Crippen molar-refractivity contribution >= 4 is 33.4 Å². The third-order valence-electron chi connectivity index (χ3n) is 5.24. The van der Waals surface area contributed by atoms with Gasteiger partial charge in [-0.15, -0.1) is 0 Å². The molecule has 31 heavy (non-hydrogen) atoms. The Labute approximate surface area is 186 Å². The molecule has 0 radical (unpaired) electrons. The molecule has 0 unspecified atom stereocenters. The predicted octanol–water partition coefficient (Wildman–Crippen LogP) is 4.02. The quantitative estimate of drug-likeness (QED) is 0.567. The summed E-state index contributed by atoms with van der Waals surface area (Å²) >= 11 is 1.53. The lowest BCUT2D eigenvalue weighted by molar-refractivity contribution is 0.102. The van der Waals surface area contributed by atoms with Crippen LogP contribution in [-0.2, 0) is 10.0 Å². The van der Waals surface area contributed by atoms with Crippen LogP contribution in [0.4, 0.5) is 5.69 Å². The van der Waals surface area contributed by atoms with E-state index in [1.807, 2.05) is 29.2 Å². The van der Waals surface area contributed by atoms with Crippen molar-refractivity contribution in [2.75, 3.05) is 24.7 Å². The number of benzene rings is 2. The van der Waals surface area contributed by atoms with Gasteiger partial charge in [0.25, 0.3) is 5.91 Å². The lowest BCUT2D eigenvalue weighted by Crippen LogP contribution is -2.35. The molecule has 3 aromatic rings. The summed E-state index contributed by atoms with van der Waals surface area (Å²) < 4.78 is 29.0. The number of nitrogens with one attached hydrogen (secondary N) is 1. The second kappa shape index (κ2) is 9.25. The van der Waals surface area contributed by atoms with E-state index in [0.29, 0.717) is 24.3 Å². The Morgan fingerprint density at radius 2 is 1.81 bits per heavy atom. The van der Waals surface area contributed by atoms with Crippen LogP contribution in [-0.4, -0.2) is 47.5 Å². The SMILES string of the molecule is CSc1nccn1-c1cccc(C(=O)Nc2ccc(S(=O)(=O)N3CCCCC3)cc2)c1. The summed E-state index contributed by atoms with van der Waals surface area (Å²) in [5, 5.41) is 3.68. The van der Waals surface area contributed by atoms with Gasteiger partial charge in [-0.05, 0) is 61.6 Å². The number of carbonyl (C=O) groups excluding carboxylic acids is 1. The van der Waals surface area contributed by atoms with E-state index in [0.717, 1.165) is 30.1 Å². The number of rotatable bonds is 6. The van der Waals surface area contributed by atoms with Crippen LogP contribution >= 0.6 is 11.8 Å². The highest BCUT2D eigenvalue weighted by Crippen LogP contribution is 2.23. The maximum Gasteiger partial charge on any atom is 0.255 e. The molecular weight excluding hydrogens is 432 g/mol. The Morgan fingerprint density at radius 3 is 2.52 bits per heavy atom. The van der Waals surface area contributed by atoms with Crippen molar-refractivity contribution in [3.8, 4) is 5.69 Å². The molecule has 1 aliphatic rings. The van der Waals surface area contributed by atoms with Crippen molar-refractivity contribution in [1.29, 1.82) is 0 Å². The van der Waals surface area contributed by atoms with Crippen LogP contribution in [0.3, 0.4) is 0 Å². The molecule has 0 spiro atoms. The van der Waals surface area contributed by atoms with Crippen LogP contribution in [0.25, 0.3) is 5.69 Å². The molecule has 0 saturated carbocycles. The summed E-state index contributed by atoms with van der Waals surface area (Å²) in [5.74, 6) is -0.265. The summed E-state index contributed by atoms with van der Waals surface area (Å²) in [7, 11) is -3.49. The number of imidazole rings is 1. The molecule has 1 fully saturated rings. The van der Waals surface area contributed by atoms with E-state index >= 15 is 0 Å². The number of sulfonamides is 1. The van der Waals surface area contributed by atoms with E-state index in [4.69, 9.17) is 0 Å². The van der Waals surface area contributed by atoms with Gasteiger partial charge in [-0.1, -0.05) is 24.2 Å². The molecule has 0 aliphatic carbocycles. The van der Waals surface area contributed by atoms with Crippen molar-refractivity contribution < 1.29 is 13.2 Å². The smallest absolute Gasteiger partial charge is 0.255 e. The third kappa shape index (κ3) is 4.68. The lowest BCUT2D eigenvalue weighted by Gasteiger charge is -2.25. The maximum atomic E-state index is 12.8. The van der Waals surface area contributed by atoms with Crippen molar-refractivity contribution in [3.63, 3.8) is 0 Å². The Hall–Kier alpha value is -2.62. The minimum absolute atomic E-state index is 0.249. The molecule has 162 valence electrons. The molecule has 4 rings (SSSR count). The minimum Gasteiger partial charge on any atom is -0.322 e. The molecule has 2 heterocycles. The van der Waals surface area contributed by atoms with Crippen molar-refractivity contribution in [2.24, 2.45) is 0 Å². The van der Waals surface area contributed by atoms with Crippen LogP contribution in [0.5, 0.6) is 0 Å². The number of hydrogen-bond donors (Lipinski definition) is 1. The first kappa shape index (κ1) is 21.6. The van der Waals surface area contributed by atoms with Gasteiger partial charge in [0.05, 0.1) is 4.90 Å². The average molecular weight is 457 g/mol. The van der Waals surface area contributed by atoms with E-state index in [1.54, 1.807) is 42.6 Å². The Kier molecular flexibility index (Phi) is 6.45. The molecule has 7 nitrogen and oxygen atoms in total. The summed E-state index contributed by atoms with van der Waals surface area (Å²) in [5.41, 5.74) is 1.89. The fourth-order valence-corrected chi connectivity index (χ4v) is 5.65. The monoisotopic (exact) mass is 456 g/mol. The van der Waals surface area contributed by atoms with E-state index in [9.17, 15) is 13.2 Å². The number of aromatic nitrogens is 2. The second-order valence-electron chi connectivity index (χ2n) is 7.28. The molecule has 2 aromatic carbocycles. The molecule has 9 heteroatoms. The van der Waals surface area contributed by atoms with Gasteiger partial charge in [0.15, 0.2) is 5.16 Å². The van der Waals surface area contributed by atoms with Gasteiger partial charge in [0.1, 0.15) is 0 Å². The molecule has 1 amide bonds. The van der Waals surface area contributed by atoms with Crippen LogP contribution in [0.1, 0.15) is 29.6 Å². The third-order valence-corrected chi connectivity index (χ3v) is 7.82. The van der Waals surface area contributed by atoms with Crippen LogP contribution in [0.15, 0.2) is 71.0 Å². The molecular formula is C22H24N4O3S2. The second-order valence-corrected chi connectivity index (χ2v) is 9.99. The van der Waals surface area contributed by atoms with Gasteiger partial charge in [-0.3, -0.25) is 9.36 Å². The molecule has 1 aliphatic heterocycles. The van der Waals surface area contributed by atoms with E-state index < -0.39 is 10.0 Å². The molecule has 0 bridgehead atoms. The van der Waals surface area contributed by atoms with Crippen LogP contribution in [0.2, 0.25) is 0 Å². The number of nitrogens with zero attached hydrogens (tertiary/aromatic N) is 3. The number of carbonyl (C=O) groups is 1. The van der Waals surface area contributed by atoms with E-state index in [-0.39, 0.29) is 10.8 Å². The fraction of sp³-hybridized carbons (Fsp3) is 0.273. The first-order valence-electron chi connectivity index (χ1n) is 10.1. The zero-order chi connectivity index (χ0) is 21.8. The van der Waals surface area contributed by atoms with Gasteiger partial charge in [0.2, 0.25) is 10.0 Å². The predicted molar refractivity (Wildman–Crippen MR) is 122 cm³/mol. The highest BCUT2D eigenvalue weighted by atomic mass is 32.2. The van der Waals surface area contributed by atoms with E-state index in [1.165, 1.54) is 16.1 Å². The zero-order valence-corrected chi connectivity index (χ0v) is 18.8. The summed E-state index contributed by atoms with van der Waals surface area (Å²) in [4.78, 5) is 17.3. The standard InChI is InChI=1S/C22H24N4O3S2/c1-30-22-23-12-15-26(22)19-7-5-6-17(16-19)21(27)24-18-8-10-20(11-9-18)31(28,29)25-13-3-2-4-14-25/h5-12,15-16H,2-4,13-14H2,1H3,(H,24,27). The largest absolute Gasteiger partial charge is 0.322 e. The maximum absolute atomic E-state index is 12.8. The number of anilines is 1. The number of piperidine rings is 1. The number of hydrogen-bond acceptors (Lipinski definition) is 5. The molecule has 1 N–H and O–H groups in total. The number of amides is 1. The summed E-state index contributed by atoms with van der Waals surface area (Å²) in [6.07, 6.45) is 8.37.